The van der Waals surface area contributed by atoms with E-state index in [1.54, 1.807) is 6.92 Å². The van der Waals surface area contributed by atoms with Crippen molar-refractivity contribution in [3.8, 4) is 0 Å². The summed E-state index contributed by atoms with van der Waals surface area (Å²) in [6.07, 6.45) is 3.53. The summed E-state index contributed by atoms with van der Waals surface area (Å²) in [4.78, 5) is 16.0. The van der Waals surface area contributed by atoms with Crippen LogP contribution >= 0.6 is 0 Å². The van der Waals surface area contributed by atoms with Gasteiger partial charge in [0.05, 0.1) is 5.76 Å². The lowest BCUT2D eigenvalue weighted by atomic mass is 9.70. The number of allylic oxidation sites excluding steroid dienone is 1. The highest BCUT2D eigenvalue weighted by Gasteiger charge is 2.59. The largest absolute Gasteiger partial charge is 0.431 e. The van der Waals surface area contributed by atoms with Crippen LogP contribution in [0.3, 0.4) is 0 Å². The SMILES string of the molecule is C=C(C)OC(=O)CN=C1CC2CCC1(C)C2(C)C. The minimum Gasteiger partial charge on any atom is -0.431 e. The Labute approximate surface area is 109 Å². The molecule has 2 saturated carbocycles. The fourth-order valence-electron chi connectivity index (χ4n) is 3.55. The van der Waals surface area contributed by atoms with Crippen molar-refractivity contribution in [3.05, 3.63) is 12.3 Å². The van der Waals surface area contributed by atoms with E-state index in [4.69, 9.17) is 4.74 Å². The van der Waals surface area contributed by atoms with Crippen LogP contribution in [0.4, 0.5) is 0 Å². The molecule has 0 aromatic heterocycles. The zero-order valence-electron chi connectivity index (χ0n) is 11.9. The molecule has 0 spiro atoms. The molecule has 0 aromatic rings. The van der Waals surface area contributed by atoms with Crippen LogP contribution in [0, 0.1) is 16.7 Å². The molecule has 0 saturated heterocycles. The highest BCUT2D eigenvalue weighted by atomic mass is 16.5. The predicted molar refractivity (Wildman–Crippen MR) is 72.4 cm³/mol. The number of carbonyl (C=O) groups is 1. The Morgan fingerprint density at radius 3 is 2.61 bits per heavy atom. The maximum absolute atomic E-state index is 11.5. The van der Waals surface area contributed by atoms with E-state index in [1.807, 2.05) is 0 Å². The van der Waals surface area contributed by atoms with Crippen LogP contribution in [0.5, 0.6) is 0 Å². The second-order valence-electron chi connectivity index (χ2n) is 6.43. The number of hydrogen-bond donors (Lipinski definition) is 0. The molecule has 2 aliphatic carbocycles. The molecular weight excluding hydrogens is 226 g/mol. The summed E-state index contributed by atoms with van der Waals surface area (Å²) in [5.74, 6) is 0.845. The van der Waals surface area contributed by atoms with Gasteiger partial charge in [0, 0.05) is 11.1 Å². The zero-order chi connectivity index (χ0) is 13.6. The quantitative estimate of drug-likeness (QED) is 0.568. The predicted octanol–water partition coefficient (Wildman–Crippen LogP) is 3.35. The summed E-state index contributed by atoms with van der Waals surface area (Å²) in [5.41, 5.74) is 1.69. The van der Waals surface area contributed by atoms with Gasteiger partial charge in [-0.1, -0.05) is 27.4 Å². The summed E-state index contributed by atoms with van der Waals surface area (Å²) in [6.45, 7) is 12.3. The number of rotatable bonds is 3. The molecule has 2 rings (SSSR count). The second-order valence-corrected chi connectivity index (χ2v) is 6.43. The van der Waals surface area contributed by atoms with Crippen LogP contribution < -0.4 is 0 Å². The van der Waals surface area contributed by atoms with E-state index in [-0.39, 0.29) is 17.9 Å². The number of fused-ring (bicyclic) bond motifs is 2. The van der Waals surface area contributed by atoms with E-state index in [0.717, 1.165) is 12.3 Å². The molecule has 0 aromatic carbocycles. The van der Waals surface area contributed by atoms with Gasteiger partial charge in [-0.25, -0.2) is 4.79 Å². The van der Waals surface area contributed by atoms with Gasteiger partial charge in [0.15, 0.2) is 0 Å². The first-order chi connectivity index (χ1) is 8.27. The first-order valence-corrected chi connectivity index (χ1v) is 6.67. The van der Waals surface area contributed by atoms with E-state index in [2.05, 4.69) is 32.3 Å². The molecular formula is C15H23NO2. The molecule has 0 aliphatic heterocycles. The van der Waals surface area contributed by atoms with Crippen molar-refractivity contribution in [1.29, 1.82) is 0 Å². The maximum atomic E-state index is 11.5. The van der Waals surface area contributed by atoms with Gasteiger partial charge >= 0.3 is 5.97 Å². The van der Waals surface area contributed by atoms with Crippen molar-refractivity contribution in [2.75, 3.05) is 6.54 Å². The highest BCUT2D eigenvalue weighted by molar-refractivity contribution is 5.95. The van der Waals surface area contributed by atoms with Gasteiger partial charge in [0.25, 0.3) is 0 Å². The number of hydrogen-bond acceptors (Lipinski definition) is 3. The Balaban J connectivity index is 2.08. The van der Waals surface area contributed by atoms with Crippen LogP contribution in [0.2, 0.25) is 0 Å². The molecule has 0 amide bonds. The third kappa shape index (κ3) is 1.90. The normalized spacial score (nSPS) is 34.9. The lowest BCUT2D eigenvalue weighted by Gasteiger charge is -2.34. The van der Waals surface area contributed by atoms with Crippen LogP contribution in [0.15, 0.2) is 17.3 Å². The molecule has 2 bridgehead atoms. The van der Waals surface area contributed by atoms with Gasteiger partial charge in [-0.3, -0.25) is 4.99 Å². The zero-order valence-corrected chi connectivity index (χ0v) is 11.9. The summed E-state index contributed by atoms with van der Waals surface area (Å²) in [6, 6.07) is 0. The van der Waals surface area contributed by atoms with Crippen molar-refractivity contribution in [1.82, 2.24) is 0 Å². The van der Waals surface area contributed by atoms with Crippen molar-refractivity contribution in [2.24, 2.45) is 21.7 Å². The van der Waals surface area contributed by atoms with Gasteiger partial charge in [-0.2, -0.15) is 0 Å². The molecule has 2 aliphatic rings. The van der Waals surface area contributed by atoms with E-state index in [1.165, 1.54) is 18.6 Å². The van der Waals surface area contributed by atoms with Gasteiger partial charge in [0.1, 0.15) is 6.54 Å². The first-order valence-electron chi connectivity index (χ1n) is 6.67. The molecule has 2 unspecified atom stereocenters. The Kier molecular flexibility index (Phi) is 3.12. The monoisotopic (exact) mass is 249 g/mol. The Morgan fingerprint density at radius 2 is 2.17 bits per heavy atom. The molecule has 0 radical (unpaired) electrons. The average Bonchev–Trinajstić information content (AvgIpc) is 2.57. The van der Waals surface area contributed by atoms with E-state index in [9.17, 15) is 4.79 Å². The van der Waals surface area contributed by atoms with Crippen LogP contribution in [-0.2, 0) is 9.53 Å². The Bertz CT molecular complexity index is 422. The number of ether oxygens (including phenoxy) is 1. The molecule has 0 heterocycles. The second kappa shape index (κ2) is 4.22. The summed E-state index contributed by atoms with van der Waals surface area (Å²) < 4.78 is 4.93. The highest BCUT2D eigenvalue weighted by Crippen LogP contribution is 2.63. The van der Waals surface area contributed by atoms with Crippen molar-refractivity contribution in [3.63, 3.8) is 0 Å². The molecule has 0 N–H and O–H groups in total. The minimum absolute atomic E-state index is 0.126. The fraction of sp³-hybridized carbons (Fsp3) is 0.733. The van der Waals surface area contributed by atoms with Crippen LogP contribution in [0.25, 0.3) is 0 Å². The summed E-state index contributed by atoms with van der Waals surface area (Å²) >= 11 is 0. The van der Waals surface area contributed by atoms with Crippen molar-refractivity contribution >= 4 is 11.7 Å². The molecule has 18 heavy (non-hydrogen) atoms. The molecule has 3 heteroatoms. The number of aliphatic imine (C=N–C) groups is 1. The maximum Gasteiger partial charge on any atom is 0.332 e. The fourth-order valence-corrected chi connectivity index (χ4v) is 3.55. The molecule has 2 atom stereocenters. The number of carbonyl (C=O) groups excluding carboxylic acids is 1. The lowest BCUT2D eigenvalue weighted by molar-refractivity contribution is -0.137. The Morgan fingerprint density at radius 1 is 1.50 bits per heavy atom. The summed E-state index contributed by atoms with van der Waals surface area (Å²) in [5, 5.41) is 0. The number of nitrogens with zero attached hydrogens (tertiary/aromatic N) is 1. The molecule has 2 fully saturated rings. The third-order valence-electron chi connectivity index (χ3n) is 5.20. The summed E-state index contributed by atoms with van der Waals surface area (Å²) in [7, 11) is 0. The Hall–Kier alpha value is -1.12. The first kappa shape index (κ1) is 13.3. The van der Waals surface area contributed by atoms with Crippen LogP contribution in [-0.4, -0.2) is 18.2 Å². The van der Waals surface area contributed by atoms with Gasteiger partial charge in [-0.15, -0.1) is 0 Å². The van der Waals surface area contributed by atoms with E-state index in [0.29, 0.717) is 11.2 Å². The number of esters is 1. The van der Waals surface area contributed by atoms with Gasteiger partial charge in [-0.05, 0) is 37.5 Å². The van der Waals surface area contributed by atoms with Crippen molar-refractivity contribution < 1.29 is 9.53 Å². The van der Waals surface area contributed by atoms with Crippen LogP contribution in [0.1, 0.15) is 47.0 Å². The standard InChI is InChI=1S/C15H23NO2/c1-10(2)18-13(17)9-16-12-8-11-6-7-15(12,5)14(11,3)4/h11H,1,6-9H2,2-5H3. The van der Waals surface area contributed by atoms with Gasteiger partial charge in [0.2, 0.25) is 0 Å². The van der Waals surface area contributed by atoms with E-state index >= 15 is 0 Å². The molecule has 3 nitrogen and oxygen atoms in total. The topological polar surface area (TPSA) is 38.7 Å². The third-order valence-corrected chi connectivity index (χ3v) is 5.20. The molecule has 100 valence electrons. The van der Waals surface area contributed by atoms with Crippen molar-refractivity contribution in [2.45, 2.75) is 47.0 Å². The average molecular weight is 249 g/mol. The van der Waals surface area contributed by atoms with E-state index < -0.39 is 0 Å². The lowest BCUT2D eigenvalue weighted by Crippen LogP contribution is -2.32. The van der Waals surface area contributed by atoms with Gasteiger partial charge < -0.3 is 4.74 Å². The minimum atomic E-state index is -0.306. The smallest absolute Gasteiger partial charge is 0.332 e.